The Labute approximate surface area is 106 Å². The van der Waals surface area contributed by atoms with Crippen LogP contribution >= 0.6 is 0 Å². The summed E-state index contributed by atoms with van der Waals surface area (Å²) in [6.45, 7) is 5.31. The van der Waals surface area contributed by atoms with Crippen LogP contribution in [0.25, 0.3) is 0 Å². The molecule has 6 heteroatoms. The summed E-state index contributed by atoms with van der Waals surface area (Å²) in [5.74, 6) is -1.91. The smallest absolute Gasteiger partial charge is 0.389 e. The molecule has 0 aromatic heterocycles. The minimum Gasteiger partial charge on any atom is -0.460 e. The average Bonchev–Trinajstić information content (AvgIpc) is 2.11. The van der Waals surface area contributed by atoms with E-state index >= 15 is 0 Å². The normalized spacial score (nSPS) is 14.4. The van der Waals surface area contributed by atoms with Crippen molar-refractivity contribution in [3.63, 3.8) is 0 Å². The Hall–Kier alpha value is -0.780. The lowest BCUT2D eigenvalue weighted by Gasteiger charge is -2.24. The molecule has 0 fully saturated rings. The third-order valence-corrected chi connectivity index (χ3v) is 2.22. The van der Waals surface area contributed by atoms with Gasteiger partial charge in [0.2, 0.25) is 0 Å². The summed E-state index contributed by atoms with van der Waals surface area (Å²) in [7, 11) is 0. The van der Waals surface area contributed by atoms with E-state index in [0.29, 0.717) is 19.4 Å². The molecule has 0 aromatic rings. The van der Waals surface area contributed by atoms with E-state index in [1.807, 2.05) is 0 Å². The van der Waals surface area contributed by atoms with Gasteiger partial charge in [-0.05, 0) is 40.2 Å². The van der Waals surface area contributed by atoms with Crippen LogP contribution in [-0.4, -0.2) is 24.3 Å². The second kappa shape index (κ2) is 6.97. The van der Waals surface area contributed by atoms with Gasteiger partial charge in [-0.2, -0.15) is 13.2 Å². The van der Waals surface area contributed by atoms with Crippen LogP contribution in [0, 0.1) is 5.92 Å². The number of alkyl halides is 3. The van der Waals surface area contributed by atoms with Crippen LogP contribution in [0.1, 0.15) is 46.5 Å². The minimum atomic E-state index is -4.36. The zero-order valence-corrected chi connectivity index (χ0v) is 11.1. The van der Waals surface area contributed by atoms with E-state index < -0.39 is 30.1 Å². The number of hydrogen-bond donors (Lipinski definition) is 1. The van der Waals surface area contributed by atoms with E-state index in [2.05, 4.69) is 0 Å². The van der Waals surface area contributed by atoms with Gasteiger partial charge in [-0.1, -0.05) is 6.42 Å². The molecule has 3 nitrogen and oxygen atoms in total. The Morgan fingerprint density at radius 2 is 1.78 bits per heavy atom. The summed E-state index contributed by atoms with van der Waals surface area (Å²) >= 11 is 0. The number of carbonyl (C=O) groups excluding carboxylic acids is 1. The maximum atomic E-state index is 12.4. The molecule has 0 heterocycles. The molecule has 0 aliphatic heterocycles. The molecule has 1 atom stereocenters. The Kier molecular flexibility index (Phi) is 6.67. The highest BCUT2D eigenvalue weighted by Gasteiger charge is 2.36. The van der Waals surface area contributed by atoms with E-state index in [1.54, 1.807) is 20.8 Å². The number of hydrogen-bond acceptors (Lipinski definition) is 3. The molecule has 0 aliphatic rings. The molecular formula is C12H22F3NO2. The number of esters is 1. The third-order valence-electron chi connectivity index (χ3n) is 2.22. The van der Waals surface area contributed by atoms with Gasteiger partial charge in [0.1, 0.15) is 5.60 Å². The van der Waals surface area contributed by atoms with Gasteiger partial charge in [-0.25, -0.2) is 0 Å². The van der Waals surface area contributed by atoms with Crippen molar-refractivity contribution in [2.24, 2.45) is 11.7 Å². The summed E-state index contributed by atoms with van der Waals surface area (Å²) in [4.78, 5) is 11.7. The zero-order valence-electron chi connectivity index (χ0n) is 11.1. The highest BCUT2D eigenvalue weighted by molar-refractivity contribution is 5.72. The molecular weight excluding hydrogens is 247 g/mol. The van der Waals surface area contributed by atoms with Gasteiger partial charge in [0.05, 0.1) is 12.3 Å². The first-order valence-corrected chi connectivity index (χ1v) is 6.05. The molecule has 0 rings (SSSR count). The minimum absolute atomic E-state index is 0.158. The van der Waals surface area contributed by atoms with Gasteiger partial charge in [-0.3, -0.25) is 4.79 Å². The maximum Gasteiger partial charge on any atom is 0.389 e. The quantitative estimate of drug-likeness (QED) is 0.595. The number of carbonyl (C=O) groups is 1. The van der Waals surface area contributed by atoms with Gasteiger partial charge < -0.3 is 10.5 Å². The average molecular weight is 269 g/mol. The second-order valence-electron chi connectivity index (χ2n) is 5.33. The number of ether oxygens (including phenoxy) is 1. The zero-order chi connectivity index (χ0) is 14.4. The molecule has 108 valence electrons. The first-order chi connectivity index (χ1) is 8.05. The SMILES string of the molecule is CC(C)(C)OC(=O)C(CCCCN)CC(F)(F)F. The lowest BCUT2D eigenvalue weighted by molar-refractivity contribution is -0.176. The van der Waals surface area contributed by atoms with Gasteiger partial charge in [-0.15, -0.1) is 0 Å². The molecule has 0 aromatic carbocycles. The largest absolute Gasteiger partial charge is 0.460 e. The van der Waals surface area contributed by atoms with Crippen LogP contribution in [0.2, 0.25) is 0 Å². The monoisotopic (exact) mass is 269 g/mol. The molecule has 0 spiro atoms. The summed E-state index contributed by atoms with van der Waals surface area (Å²) in [5.41, 5.74) is 4.51. The van der Waals surface area contributed by atoms with Crippen molar-refractivity contribution in [2.45, 2.75) is 58.2 Å². The van der Waals surface area contributed by atoms with Gasteiger partial charge in [0.25, 0.3) is 0 Å². The highest BCUT2D eigenvalue weighted by atomic mass is 19.4. The molecule has 0 aliphatic carbocycles. The van der Waals surface area contributed by atoms with Crippen molar-refractivity contribution in [2.75, 3.05) is 6.54 Å². The molecule has 2 N–H and O–H groups in total. The predicted molar refractivity (Wildman–Crippen MR) is 62.9 cm³/mol. The Morgan fingerprint density at radius 3 is 2.17 bits per heavy atom. The van der Waals surface area contributed by atoms with Crippen molar-refractivity contribution in [3.8, 4) is 0 Å². The van der Waals surface area contributed by atoms with Gasteiger partial charge in [0, 0.05) is 0 Å². The molecule has 0 amide bonds. The topological polar surface area (TPSA) is 52.3 Å². The number of rotatable bonds is 6. The van der Waals surface area contributed by atoms with Crippen molar-refractivity contribution >= 4 is 5.97 Å². The highest BCUT2D eigenvalue weighted by Crippen LogP contribution is 2.29. The van der Waals surface area contributed by atoms with Gasteiger partial charge >= 0.3 is 12.1 Å². The van der Waals surface area contributed by atoms with E-state index in [4.69, 9.17) is 10.5 Å². The van der Waals surface area contributed by atoms with Crippen LogP contribution in [0.15, 0.2) is 0 Å². The first-order valence-electron chi connectivity index (χ1n) is 6.05. The molecule has 1 unspecified atom stereocenters. The number of halogens is 3. The summed E-state index contributed by atoms with van der Waals surface area (Å²) in [6.07, 6.45) is -4.23. The Bertz CT molecular complexity index is 259. The number of unbranched alkanes of at least 4 members (excludes halogenated alkanes) is 1. The van der Waals surface area contributed by atoms with Crippen LogP contribution in [0.5, 0.6) is 0 Å². The third kappa shape index (κ3) is 9.27. The standard InChI is InChI=1S/C12H22F3NO2/c1-11(2,3)18-10(17)9(6-4-5-7-16)8-12(13,14)15/h9H,4-8,16H2,1-3H3. The van der Waals surface area contributed by atoms with Crippen LogP contribution < -0.4 is 5.73 Å². The van der Waals surface area contributed by atoms with E-state index in [0.717, 1.165) is 0 Å². The molecule has 0 saturated heterocycles. The lowest BCUT2D eigenvalue weighted by atomic mass is 9.97. The summed E-state index contributed by atoms with van der Waals surface area (Å²) < 4.78 is 42.1. The van der Waals surface area contributed by atoms with Crippen LogP contribution in [-0.2, 0) is 9.53 Å². The van der Waals surface area contributed by atoms with Gasteiger partial charge in [0.15, 0.2) is 0 Å². The molecule has 0 saturated carbocycles. The molecule has 0 bridgehead atoms. The van der Waals surface area contributed by atoms with E-state index in [9.17, 15) is 18.0 Å². The lowest BCUT2D eigenvalue weighted by Crippen LogP contribution is -2.31. The maximum absolute atomic E-state index is 12.4. The Balaban J connectivity index is 4.49. The van der Waals surface area contributed by atoms with Crippen molar-refractivity contribution in [1.82, 2.24) is 0 Å². The molecule has 0 radical (unpaired) electrons. The second-order valence-corrected chi connectivity index (χ2v) is 5.33. The summed E-state index contributed by atoms with van der Waals surface area (Å²) in [5, 5.41) is 0. The van der Waals surface area contributed by atoms with Crippen molar-refractivity contribution < 1.29 is 22.7 Å². The molecule has 18 heavy (non-hydrogen) atoms. The van der Waals surface area contributed by atoms with E-state index in [1.165, 1.54) is 0 Å². The fraction of sp³-hybridized carbons (Fsp3) is 0.917. The van der Waals surface area contributed by atoms with Crippen LogP contribution in [0.3, 0.4) is 0 Å². The first kappa shape index (κ1) is 17.2. The summed E-state index contributed by atoms with van der Waals surface area (Å²) in [6, 6.07) is 0. The number of nitrogens with two attached hydrogens (primary N) is 1. The predicted octanol–water partition coefficient (Wildman–Crippen LogP) is 3.03. The Morgan fingerprint density at radius 1 is 1.22 bits per heavy atom. The van der Waals surface area contributed by atoms with Crippen molar-refractivity contribution in [1.29, 1.82) is 0 Å². The fourth-order valence-electron chi connectivity index (χ4n) is 1.50. The fourth-order valence-corrected chi connectivity index (χ4v) is 1.50. The van der Waals surface area contributed by atoms with Crippen molar-refractivity contribution in [3.05, 3.63) is 0 Å². The van der Waals surface area contributed by atoms with Crippen LogP contribution in [0.4, 0.5) is 13.2 Å². The van der Waals surface area contributed by atoms with E-state index in [-0.39, 0.29) is 6.42 Å².